The Balaban J connectivity index is 1.46. The fourth-order valence-corrected chi connectivity index (χ4v) is 6.05. The van der Waals surface area contributed by atoms with Crippen LogP contribution in [0.4, 0.5) is 17.6 Å². The van der Waals surface area contributed by atoms with Gasteiger partial charge in [-0.25, -0.2) is 19.2 Å². The summed E-state index contributed by atoms with van der Waals surface area (Å²) in [6.45, 7) is 4.50. The third-order valence-electron chi connectivity index (χ3n) is 8.84. The number of benzene rings is 1. The zero-order valence-electron chi connectivity index (χ0n) is 26.3. The first-order chi connectivity index (χ1) is 22.5. The first-order valence-electron chi connectivity index (χ1n) is 16.0. The van der Waals surface area contributed by atoms with E-state index in [-0.39, 0.29) is 73.0 Å². The Morgan fingerprint density at radius 3 is 2.40 bits per heavy atom. The quantitative estimate of drug-likeness (QED) is 0.149. The monoisotopic (exact) mass is 659 g/mol. The molecule has 0 amide bonds. The molecule has 2 aliphatic rings. The van der Waals surface area contributed by atoms with Crippen LogP contribution in [0.2, 0.25) is 0 Å². The van der Waals surface area contributed by atoms with Crippen LogP contribution in [-0.4, -0.2) is 49.3 Å². The molecule has 10 nitrogen and oxygen atoms in total. The molecule has 14 heteroatoms. The maximum atomic E-state index is 14.6. The summed E-state index contributed by atoms with van der Waals surface area (Å²) < 4.78 is 78.4. The standard InChI is InChI=1S/C33H37F4N5O5/c1-3-40-30-27(31(43)41(32(40)44)16-6-18-46-26-7-4-5-17-45-26)42(19-21-9-11-22(34)12-10-21)29(39-30)23-13-15-25(38-28(23)33(35,36)37)47-24-14-8-20(24)2/h9-13,15,20,24,26H,3-8,14,16-19H2,1-2H3. The maximum absolute atomic E-state index is 14.6. The summed E-state index contributed by atoms with van der Waals surface area (Å²) >= 11 is 0. The van der Waals surface area contributed by atoms with E-state index in [2.05, 4.69) is 9.97 Å². The number of hydrogen-bond acceptors (Lipinski definition) is 7. The Kier molecular flexibility index (Phi) is 9.51. The average Bonchev–Trinajstić information content (AvgIpc) is 3.42. The molecular weight excluding hydrogens is 622 g/mol. The molecule has 3 aromatic heterocycles. The Labute approximate surface area is 267 Å². The number of ether oxygens (including phenoxy) is 3. The first kappa shape index (κ1) is 32.9. The number of halogens is 4. The van der Waals surface area contributed by atoms with E-state index in [4.69, 9.17) is 14.2 Å². The van der Waals surface area contributed by atoms with Crippen molar-refractivity contribution in [3.05, 3.63) is 74.3 Å². The molecule has 4 heterocycles. The summed E-state index contributed by atoms with van der Waals surface area (Å²) in [4.78, 5) is 36.0. The fraction of sp³-hybridized carbons (Fsp3) is 0.515. The molecule has 3 atom stereocenters. The van der Waals surface area contributed by atoms with Crippen molar-refractivity contribution in [1.82, 2.24) is 23.7 Å². The van der Waals surface area contributed by atoms with Gasteiger partial charge in [0, 0.05) is 37.9 Å². The third kappa shape index (κ3) is 6.84. The molecule has 0 spiro atoms. The van der Waals surface area contributed by atoms with Gasteiger partial charge in [-0.1, -0.05) is 19.1 Å². The summed E-state index contributed by atoms with van der Waals surface area (Å²) in [5.74, 6) is -0.660. The summed E-state index contributed by atoms with van der Waals surface area (Å²) in [7, 11) is 0. The molecule has 0 N–H and O–H groups in total. The van der Waals surface area contributed by atoms with E-state index >= 15 is 0 Å². The maximum Gasteiger partial charge on any atom is 0.434 e. The lowest BCUT2D eigenvalue weighted by atomic mass is 9.84. The molecule has 47 heavy (non-hydrogen) atoms. The molecule has 1 aliphatic heterocycles. The molecule has 1 saturated heterocycles. The Morgan fingerprint density at radius 2 is 1.77 bits per heavy atom. The number of fused-ring (bicyclic) bond motifs is 1. The molecule has 252 valence electrons. The average molecular weight is 660 g/mol. The van der Waals surface area contributed by atoms with Gasteiger partial charge in [-0.15, -0.1) is 0 Å². The molecule has 6 rings (SSSR count). The van der Waals surface area contributed by atoms with Crippen molar-refractivity contribution in [3.8, 4) is 17.3 Å². The number of aryl methyl sites for hydroxylation is 1. The van der Waals surface area contributed by atoms with Crippen molar-refractivity contribution in [1.29, 1.82) is 0 Å². The van der Waals surface area contributed by atoms with Crippen LogP contribution in [0, 0.1) is 11.7 Å². The van der Waals surface area contributed by atoms with Gasteiger partial charge in [0.05, 0.1) is 6.61 Å². The predicted molar refractivity (Wildman–Crippen MR) is 165 cm³/mol. The molecule has 1 saturated carbocycles. The van der Waals surface area contributed by atoms with Crippen LogP contribution in [0.15, 0.2) is 46.0 Å². The van der Waals surface area contributed by atoms with E-state index in [9.17, 15) is 27.2 Å². The van der Waals surface area contributed by atoms with Crippen LogP contribution in [0.5, 0.6) is 5.88 Å². The Bertz CT molecular complexity index is 1840. The largest absolute Gasteiger partial charge is 0.474 e. The van der Waals surface area contributed by atoms with Crippen molar-refractivity contribution in [2.75, 3.05) is 13.2 Å². The number of pyridine rings is 1. The van der Waals surface area contributed by atoms with Crippen molar-refractivity contribution in [2.45, 2.75) is 90.6 Å². The van der Waals surface area contributed by atoms with Gasteiger partial charge < -0.3 is 18.8 Å². The van der Waals surface area contributed by atoms with E-state index in [0.717, 1.165) is 36.7 Å². The lowest BCUT2D eigenvalue weighted by molar-refractivity contribution is -0.163. The lowest BCUT2D eigenvalue weighted by Gasteiger charge is -2.33. The summed E-state index contributed by atoms with van der Waals surface area (Å²) in [5, 5.41) is 0. The summed E-state index contributed by atoms with van der Waals surface area (Å²) in [5.41, 5.74) is -2.56. The van der Waals surface area contributed by atoms with E-state index in [1.807, 2.05) is 6.92 Å². The number of imidazole rings is 1. The SMILES string of the molecule is CCn1c(=O)n(CCCOC2CCCCO2)c(=O)c2c1nc(-c1ccc(OC3CCC3C)nc1C(F)(F)F)n2Cc1ccc(F)cc1. The number of alkyl halides is 3. The minimum absolute atomic E-state index is 0.0123. The zero-order valence-corrected chi connectivity index (χ0v) is 26.3. The van der Waals surface area contributed by atoms with E-state index in [0.29, 0.717) is 18.6 Å². The highest BCUT2D eigenvalue weighted by atomic mass is 19.4. The minimum Gasteiger partial charge on any atom is -0.474 e. The van der Waals surface area contributed by atoms with Crippen molar-refractivity contribution in [2.24, 2.45) is 5.92 Å². The van der Waals surface area contributed by atoms with Crippen LogP contribution in [-0.2, 0) is 35.3 Å². The van der Waals surface area contributed by atoms with Crippen LogP contribution < -0.4 is 16.0 Å². The topological polar surface area (TPSA) is 102 Å². The minimum atomic E-state index is -4.90. The number of rotatable bonds is 11. The van der Waals surface area contributed by atoms with Gasteiger partial charge in [0.2, 0.25) is 5.88 Å². The first-order valence-corrected chi connectivity index (χ1v) is 16.0. The van der Waals surface area contributed by atoms with Gasteiger partial charge >= 0.3 is 11.9 Å². The molecule has 1 aliphatic carbocycles. The predicted octanol–water partition coefficient (Wildman–Crippen LogP) is 5.76. The normalized spacial score (nSPS) is 20.0. The third-order valence-corrected chi connectivity index (χ3v) is 8.84. The van der Waals surface area contributed by atoms with Crippen LogP contribution in [0.3, 0.4) is 0 Å². The van der Waals surface area contributed by atoms with Gasteiger partial charge in [-0.05, 0) is 75.1 Å². The second kappa shape index (κ2) is 13.6. The van der Waals surface area contributed by atoms with E-state index < -0.39 is 28.9 Å². The second-order valence-electron chi connectivity index (χ2n) is 12.1. The summed E-state index contributed by atoms with van der Waals surface area (Å²) in [6.07, 6.45) is -0.766. The Hall–Kier alpha value is -4.04. The summed E-state index contributed by atoms with van der Waals surface area (Å²) in [6, 6.07) is 7.99. The number of hydrogen-bond donors (Lipinski definition) is 0. The molecule has 4 aromatic rings. The van der Waals surface area contributed by atoms with Crippen molar-refractivity contribution >= 4 is 11.2 Å². The smallest absolute Gasteiger partial charge is 0.434 e. The molecule has 2 fully saturated rings. The van der Waals surface area contributed by atoms with Gasteiger partial charge in [-0.2, -0.15) is 13.2 Å². The number of aromatic nitrogens is 5. The molecule has 1 aromatic carbocycles. The highest BCUT2D eigenvalue weighted by Gasteiger charge is 2.39. The van der Waals surface area contributed by atoms with Crippen LogP contribution in [0.1, 0.15) is 63.6 Å². The zero-order chi connectivity index (χ0) is 33.3. The highest BCUT2D eigenvalue weighted by Crippen LogP contribution is 2.39. The van der Waals surface area contributed by atoms with Gasteiger partial charge in [0.25, 0.3) is 5.56 Å². The highest BCUT2D eigenvalue weighted by molar-refractivity contribution is 5.78. The van der Waals surface area contributed by atoms with Crippen LogP contribution in [0.25, 0.3) is 22.6 Å². The lowest BCUT2D eigenvalue weighted by Crippen LogP contribution is -2.40. The van der Waals surface area contributed by atoms with Gasteiger partial charge in [0.1, 0.15) is 17.7 Å². The molecular formula is C33H37F4N5O5. The Morgan fingerprint density at radius 1 is 0.979 bits per heavy atom. The van der Waals surface area contributed by atoms with Crippen molar-refractivity contribution in [3.63, 3.8) is 0 Å². The van der Waals surface area contributed by atoms with Crippen LogP contribution >= 0.6 is 0 Å². The van der Waals surface area contributed by atoms with E-state index in [1.54, 1.807) is 6.92 Å². The molecule has 3 unspecified atom stereocenters. The fourth-order valence-electron chi connectivity index (χ4n) is 6.05. The second-order valence-corrected chi connectivity index (χ2v) is 12.1. The van der Waals surface area contributed by atoms with Gasteiger partial charge in [0.15, 0.2) is 23.1 Å². The van der Waals surface area contributed by atoms with Crippen molar-refractivity contribution < 1.29 is 31.8 Å². The van der Waals surface area contributed by atoms with Gasteiger partial charge in [-0.3, -0.25) is 13.9 Å². The number of nitrogens with zero attached hydrogens (tertiary/aromatic N) is 5. The van der Waals surface area contributed by atoms with E-state index in [1.165, 1.54) is 45.5 Å². The molecule has 0 radical (unpaired) electrons. The molecule has 0 bridgehead atoms.